The van der Waals surface area contributed by atoms with E-state index in [2.05, 4.69) is 26.9 Å². The molecule has 3 nitrogen and oxygen atoms in total. The Hall–Kier alpha value is -0.930. The molecule has 0 aromatic carbocycles. The van der Waals surface area contributed by atoms with Crippen LogP contribution in [0, 0.1) is 11.3 Å². The van der Waals surface area contributed by atoms with E-state index in [1.165, 1.54) is 57.5 Å². The standard InChI is InChI=1S/C16H23N3/c1-2-14(1)10-19-12-16(13-19)5-8-18(11-16)9-15-3-6-17-7-4-15/h3-4,6-7,14H,1-2,5,8-13H2. The molecule has 102 valence electrons. The van der Waals surface area contributed by atoms with E-state index in [4.69, 9.17) is 0 Å². The Kier molecular flexibility index (Phi) is 2.85. The number of hydrogen-bond acceptors (Lipinski definition) is 3. The molecule has 0 N–H and O–H groups in total. The van der Waals surface area contributed by atoms with E-state index in [1.54, 1.807) is 0 Å². The lowest BCUT2D eigenvalue weighted by atomic mass is 9.79. The second-order valence-electron chi connectivity index (χ2n) is 6.93. The monoisotopic (exact) mass is 257 g/mol. The van der Waals surface area contributed by atoms with E-state index >= 15 is 0 Å². The highest BCUT2D eigenvalue weighted by molar-refractivity contribution is 5.11. The molecule has 3 fully saturated rings. The van der Waals surface area contributed by atoms with Gasteiger partial charge in [-0.05, 0) is 49.4 Å². The summed E-state index contributed by atoms with van der Waals surface area (Å²) in [6, 6.07) is 4.29. The Morgan fingerprint density at radius 3 is 2.58 bits per heavy atom. The lowest BCUT2D eigenvalue weighted by Gasteiger charge is -2.48. The molecule has 19 heavy (non-hydrogen) atoms. The van der Waals surface area contributed by atoms with Crippen LogP contribution < -0.4 is 0 Å². The normalized spacial score (nSPS) is 26.7. The van der Waals surface area contributed by atoms with Crippen LogP contribution in [0.4, 0.5) is 0 Å². The van der Waals surface area contributed by atoms with Crippen molar-refractivity contribution in [3.8, 4) is 0 Å². The topological polar surface area (TPSA) is 19.4 Å². The highest BCUT2D eigenvalue weighted by Gasteiger charge is 2.48. The van der Waals surface area contributed by atoms with Gasteiger partial charge in [0, 0.05) is 50.5 Å². The average Bonchev–Trinajstić information content (AvgIpc) is 3.10. The molecule has 2 saturated heterocycles. The summed E-state index contributed by atoms with van der Waals surface area (Å²) in [5.41, 5.74) is 2.04. The Balaban J connectivity index is 1.29. The van der Waals surface area contributed by atoms with Crippen LogP contribution in [-0.4, -0.2) is 47.5 Å². The molecule has 1 spiro atoms. The summed E-state index contributed by atoms with van der Waals surface area (Å²) in [6.45, 7) is 7.78. The molecule has 0 unspecified atom stereocenters. The maximum atomic E-state index is 4.09. The summed E-state index contributed by atoms with van der Waals surface area (Å²) < 4.78 is 0. The van der Waals surface area contributed by atoms with E-state index in [-0.39, 0.29) is 0 Å². The molecule has 3 heterocycles. The van der Waals surface area contributed by atoms with Crippen molar-refractivity contribution in [1.82, 2.24) is 14.8 Å². The summed E-state index contributed by atoms with van der Waals surface area (Å²) in [5, 5.41) is 0. The minimum atomic E-state index is 0.641. The van der Waals surface area contributed by atoms with Crippen molar-refractivity contribution in [2.75, 3.05) is 32.7 Å². The average molecular weight is 257 g/mol. The van der Waals surface area contributed by atoms with E-state index in [0.717, 1.165) is 12.5 Å². The third kappa shape index (κ3) is 2.54. The molecule has 1 saturated carbocycles. The molecule has 1 aromatic heterocycles. The summed E-state index contributed by atoms with van der Waals surface area (Å²) in [5.74, 6) is 1.05. The number of rotatable bonds is 4. The first-order valence-electron chi connectivity index (χ1n) is 7.65. The molecule has 0 atom stereocenters. The first kappa shape index (κ1) is 11.9. The van der Waals surface area contributed by atoms with Crippen LogP contribution in [0.3, 0.4) is 0 Å². The summed E-state index contributed by atoms with van der Waals surface area (Å²) in [6.07, 6.45) is 8.18. The highest BCUT2D eigenvalue weighted by atomic mass is 15.3. The second-order valence-corrected chi connectivity index (χ2v) is 6.93. The number of hydrogen-bond donors (Lipinski definition) is 0. The van der Waals surface area contributed by atoms with Crippen molar-refractivity contribution < 1.29 is 0 Å². The molecule has 2 aliphatic heterocycles. The molecular formula is C16H23N3. The van der Waals surface area contributed by atoms with E-state index in [9.17, 15) is 0 Å². The largest absolute Gasteiger partial charge is 0.302 e. The summed E-state index contributed by atoms with van der Waals surface area (Å²) in [4.78, 5) is 9.41. The van der Waals surface area contributed by atoms with Crippen molar-refractivity contribution in [2.24, 2.45) is 11.3 Å². The van der Waals surface area contributed by atoms with Crippen LogP contribution in [0.25, 0.3) is 0 Å². The van der Waals surface area contributed by atoms with Gasteiger partial charge < -0.3 is 4.90 Å². The van der Waals surface area contributed by atoms with Crippen LogP contribution in [0.2, 0.25) is 0 Å². The number of aromatic nitrogens is 1. The molecule has 0 radical (unpaired) electrons. The fourth-order valence-corrected chi connectivity index (χ4v) is 3.86. The van der Waals surface area contributed by atoms with E-state index in [0.29, 0.717) is 5.41 Å². The molecule has 0 amide bonds. The zero-order valence-electron chi connectivity index (χ0n) is 11.6. The van der Waals surface area contributed by atoms with Gasteiger partial charge in [0.1, 0.15) is 0 Å². The molecule has 3 aliphatic rings. The van der Waals surface area contributed by atoms with Crippen LogP contribution in [0.1, 0.15) is 24.8 Å². The number of likely N-dealkylation sites (tertiary alicyclic amines) is 2. The lowest BCUT2D eigenvalue weighted by molar-refractivity contribution is 0.00476. The first-order valence-corrected chi connectivity index (χ1v) is 7.65. The number of nitrogens with zero attached hydrogens (tertiary/aromatic N) is 3. The molecule has 1 aromatic rings. The zero-order chi connectivity index (χ0) is 12.7. The first-order chi connectivity index (χ1) is 9.31. The Labute approximate surface area is 115 Å². The van der Waals surface area contributed by atoms with Gasteiger partial charge in [-0.3, -0.25) is 9.88 Å². The number of pyridine rings is 1. The Morgan fingerprint density at radius 2 is 1.84 bits per heavy atom. The molecule has 3 heteroatoms. The van der Waals surface area contributed by atoms with Crippen LogP contribution in [-0.2, 0) is 6.54 Å². The van der Waals surface area contributed by atoms with Crippen molar-refractivity contribution in [3.63, 3.8) is 0 Å². The molecule has 0 bridgehead atoms. The smallest absolute Gasteiger partial charge is 0.0271 e. The molecular weight excluding hydrogens is 234 g/mol. The van der Waals surface area contributed by atoms with Gasteiger partial charge in [0.15, 0.2) is 0 Å². The maximum absolute atomic E-state index is 4.09. The fraction of sp³-hybridized carbons (Fsp3) is 0.688. The highest BCUT2D eigenvalue weighted by Crippen LogP contribution is 2.42. The van der Waals surface area contributed by atoms with Crippen LogP contribution in [0.15, 0.2) is 24.5 Å². The quantitative estimate of drug-likeness (QED) is 0.822. The van der Waals surface area contributed by atoms with Gasteiger partial charge in [-0.25, -0.2) is 0 Å². The van der Waals surface area contributed by atoms with Crippen molar-refractivity contribution >= 4 is 0 Å². The van der Waals surface area contributed by atoms with Crippen molar-refractivity contribution in [2.45, 2.75) is 25.8 Å². The summed E-state index contributed by atoms with van der Waals surface area (Å²) >= 11 is 0. The van der Waals surface area contributed by atoms with Gasteiger partial charge >= 0.3 is 0 Å². The van der Waals surface area contributed by atoms with Gasteiger partial charge in [0.25, 0.3) is 0 Å². The van der Waals surface area contributed by atoms with Gasteiger partial charge in [-0.15, -0.1) is 0 Å². The Bertz CT molecular complexity index is 435. The second kappa shape index (κ2) is 4.57. The minimum Gasteiger partial charge on any atom is -0.302 e. The lowest BCUT2D eigenvalue weighted by Crippen LogP contribution is -2.57. The van der Waals surface area contributed by atoms with Gasteiger partial charge in [0.2, 0.25) is 0 Å². The fourth-order valence-electron chi connectivity index (χ4n) is 3.86. The van der Waals surface area contributed by atoms with Gasteiger partial charge in [-0.1, -0.05) is 0 Å². The maximum Gasteiger partial charge on any atom is 0.0271 e. The van der Waals surface area contributed by atoms with Gasteiger partial charge in [0.05, 0.1) is 0 Å². The van der Waals surface area contributed by atoms with Crippen molar-refractivity contribution in [1.29, 1.82) is 0 Å². The van der Waals surface area contributed by atoms with E-state index in [1.807, 2.05) is 12.4 Å². The van der Waals surface area contributed by atoms with Crippen LogP contribution in [0.5, 0.6) is 0 Å². The molecule has 4 rings (SSSR count). The molecule has 1 aliphatic carbocycles. The minimum absolute atomic E-state index is 0.641. The van der Waals surface area contributed by atoms with Crippen molar-refractivity contribution in [3.05, 3.63) is 30.1 Å². The SMILES string of the molecule is c1cc(CN2CCC3(C2)CN(CC2CC2)C3)ccn1. The predicted molar refractivity (Wildman–Crippen MR) is 75.7 cm³/mol. The van der Waals surface area contributed by atoms with Gasteiger partial charge in [-0.2, -0.15) is 0 Å². The van der Waals surface area contributed by atoms with Crippen LogP contribution >= 0.6 is 0 Å². The third-order valence-electron chi connectivity index (χ3n) is 5.00. The van der Waals surface area contributed by atoms with E-state index < -0.39 is 0 Å². The third-order valence-corrected chi connectivity index (χ3v) is 5.00. The Morgan fingerprint density at radius 1 is 1.11 bits per heavy atom. The zero-order valence-corrected chi connectivity index (χ0v) is 11.6. The predicted octanol–water partition coefficient (Wildman–Crippen LogP) is 2.00. The summed E-state index contributed by atoms with van der Waals surface area (Å²) in [7, 11) is 0.